The number of carbonyl (C=O) groups is 1. The fourth-order valence-electron chi connectivity index (χ4n) is 1.53. The number of aryl methyl sites for hydroxylation is 1. The summed E-state index contributed by atoms with van der Waals surface area (Å²) < 4.78 is 0.842. The first kappa shape index (κ1) is 12.6. The van der Waals surface area contributed by atoms with Crippen LogP contribution in [-0.4, -0.2) is 11.0 Å². The molecule has 2 N–H and O–H groups in total. The molecule has 0 saturated heterocycles. The quantitative estimate of drug-likeness (QED) is 0.888. The smallest absolute Gasteiger partial charge is 0.255 e. The first-order chi connectivity index (χ1) is 8.56. The molecule has 2 rings (SSSR count). The molecular weight excluding hydrogens is 294 g/mol. The Morgan fingerprint density at radius 3 is 2.44 bits per heavy atom. The number of rotatable bonds is 2. The van der Waals surface area contributed by atoms with E-state index in [1.807, 2.05) is 25.1 Å². The van der Waals surface area contributed by atoms with Crippen molar-refractivity contribution >= 4 is 27.5 Å². The third-order valence-electron chi connectivity index (χ3n) is 2.50. The molecule has 2 aromatic rings. The molecule has 0 aliphatic heterocycles. The Hall–Kier alpha value is -1.81. The summed E-state index contributed by atoms with van der Waals surface area (Å²) in [5.74, 6) is -0.0670. The van der Waals surface area contributed by atoms with Gasteiger partial charge in [0.2, 0.25) is 0 Å². The molecule has 18 heavy (non-hydrogen) atoms. The maximum Gasteiger partial charge on any atom is 0.255 e. The number of amides is 1. The van der Waals surface area contributed by atoms with Crippen molar-refractivity contribution in [3.05, 3.63) is 58.1 Å². The van der Waals surface area contributed by atoms with Gasteiger partial charge in [0.15, 0.2) is 0 Å². The van der Waals surface area contributed by atoms with E-state index in [2.05, 4.69) is 21.2 Å². The number of nitrogens with one attached hydrogen (secondary N) is 1. The van der Waals surface area contributed by atoms with Gasteiger partial charge in [0.05, 0.1) is 5.69 Å². The standard InChI is InChI=1S/C14H12BrNO2/c1-9-2-7-13(12(15)8-9)16-14(18)10-3-5-11(17)6-4-10/h2-8,17H,1H3,(H,16,18). The fraction of sp³-hybridized carbons (Fsp3) is 0.0714. The summed E-state index contributed by atoms with van der Waals surface area (Å²) in [6.45, 7) is 1.98. The maximum absolute atomic E-state index is 11.9. The Kier molecular flexibility index (Phi) is 3.67. The lowest BCUT2D eigenvalue weighted by molar-refractivity contribution is 0.102. The Morgan fingerprint density at radius 1 is 1.17 bits per heavy atom. The van der Waals surface area contributed by atoms with E-state index in [1.54, 1.807) is 12.1 Å². The van der Waals surface area contributed by atoms with Crippen LogP contribution in [0.15, 0.2) is 46.9 Å². The van der Waals surface area contributed by atoms with Crippen LogP contribution in [0.2, 0.25) is 0 Å². The van der Waals surface area contributed by atoms with Crippen molar-refractivity contribution < 1.29 is 9.90 Å². The topological polar surface area (TPSA) is 49.3 Å². The van der Waals surface area contributed by atoms with Gasteiger partial charge in [0.1, 0.15) is 5.75 Å². The minimum atomic E-state index is -0.209. The molecule has 0 saturated carbocycles. The molecule has 4 heteroatoms. The van der Waals surface area contributed by atoms with Crippen molar-refractivity contribution in [2.75, 3.05) is 5.32 Å². The number of aromatic hydroxyl groups is 1. The van der Waals surface area contributed by atoms with Crippen LogP contribution < -0.4 is 5.32 Å². The van der Waals surface area contributed by atoms with Gasteiger partial charge in [0, 0.05) is 10.0 Å². The molecule has 0 fully saturated rings. The highest BCUT2D eigenvalue weighted by molar-refractivity contribution is 9.10. The van der Waals surface area contributed by atoms with Gasteiger partial charge in [-0.05, 0) is 64.8 Å². The van der Waals surface area contributed by atoms with Crippen LogP contribution in [0.4, 0.5) is 5.69 Å². The second kappa shape index (κ2) is 5.23. The predicted octanol–water partition coefficient (Wildman–Crippen LogP) is 3.72. The first-order valence-corrected chi connectivity index (χ1v) is 6.22. The molecule has 92 valence electrons. The lowest BCUT2D eigenvalue weighted by atomic mass is 10.2. The predicted molar refractivity (Wildman–Crippen MR) is 74.9 cm³/mol. The first-order valence-electron chi connectivity index (χ1n) is 5.43. The number of anilines is 1. The highest BCUT2D eigenvalue weighted by Gasteiger charge is 2.08. The number of phenols is 1. The number of phenolic OH excluding ortho intramolecular Hbond substituents is 1. The van der Waals surface area contributed by atoms with Gasteiger partial charge in [-0.2, -0.15) is 0 Å². The lowest BCUT2D eigenvalue weighted by Gasteiger charge is -2.08. The molecule has 1 amide bonds. The third-order valence-corrected chi connectivity index (χ3v) is 3.16. The van der Waals surface area contributed by atoms with Crippen molar-refractivity contribution in [1.82, 2.24) is 0 Å². The highest BCUT2D eigenvalue weighted by atomic mass is 79.9. The van der Waals surface area contributed by atoms with E-state index in [9.17, 15) is 4.79 Å². The summed E-state index contributed by atoms with van der Waals surface area (Å²) in [4.78, 5) is 11.9. The SMILES string of the molecule is Cc1ccc(NC(=O)c2ccc(O)cc2)c(Br)c1. The van der Waals surface area contributed by atoms with Crippen LogP contribution >= 0.6 is 15.9 Å². The third kappa shape index (κ3) is 2.90. The zero-order chi connectivity index (χ0) is 13.1. The van der Waals surface area contributed by atoms with Gasteiger partial charge < -0.3 is 10.4 Å². The monoisotopic (exact) mass is 305 g/mol. The van der Waals surface area contributed by atoms with Crippen molar-refractivity contribution in [1.29, 1.82) is 0 Å². The van der Waals surface area contributed by atoms with Gasteiger partial charge in [-0.25, -0.2) is 0 Å². The number of hydrogen-bond acceptors (Lipinski definition) is 2. The molecule has 0 heterocycles. The average Bonchev–Trinajstić information content (AvgIpc) is 2.33. The van der Waals surface area contributed by atoms with Crippen molar-refractivity contribution in [3.8, 4) is 5.75 Å². The van der Waals surface area contributed by atoms with Crippen molar-refractivity contribution in [2.45, 2.75) is 6.92 Å². The molecule has 0 unspecified atom stereocenters. The van der Waals surface area contributed by atoms with Gasteiger partial charge in [-0.3, -0.25) is 4.79 Å². The summed E-state index contributed by atoms with van der Waals surface area (Å²) in [6.07, 6.45) is 0. The molecule has 0 aliphatic rings. The summed E-state index contributed by atoms with van der Waals surface area (Å²) in [5, 5.41) is 12.0. The Bertz CT molecular complexity index is 579. The molecule has 0 atom stereocenters. The lowest BCUT2D eigenvalue weighted by Crippen LogP contribution is -2.12. The van der Waals surface area contributed by atoms with Crippen molar-refractivity contribution in [3.63, 3.8) is 0 Å². The van der Waals surface area contributed by atoms with Gasteiger partial charge in [-0.15, -0.1) is 0 Å². The maximum atomic E-state index is 11.9. The molecule has 3 nitrogen and oxygen atoms in total. The molecule has 0 bridgehead atoms. The Balaban J connectivity index is 2.18. The van der Waals surface area contributed by atoms with E-state index in [0.29, 0.717) is 5.56 Å². The summed E-state index contributed by atoms with van der Waals surface area (Å²) in [7, 11) is 0. The highest BCUT2D eigenvalue weighted by Crippen LogP contribution is 2.24. The summed E-state index contributed by atoms with van der Waals surface area (Å²) in [5.41, 5.74) is 2.34. The molecule has 2 aromatic carbocycles. The van der Waals surface area contributed by atoms with Crippen LogP contribution in [0, 0.1) is 6.92 Å². The second-order valence-electron chi connectivity index (χ2n) is 3.98. The molecular formula is C14H12BrNO2. The Labute approximate surface area is 114 Å². The van der Waals surface area contributed by atoms with Crippen LogP contribution in [0.5, 0.6) is 5.75 Å². The summed E-state index contributed by atoms with van der Waals surface area (Å²) >= 11 is 3.41. The minimum absolute atomic E-state index is 0.142. The van der Waals surface area contributed by atoms with E-state index in [0.717, 1.165) is 15.7 Å². The number of carbonyl (C=O) groups excluding carboxylic acids is 1. The zero-order valence-corrected chi connectivity index (χ0v) is 11.4. The van der Waals surface area contributed by atoms with E-state index in [1.165, 1.54) is 12.1 Å². The minimum Gasteiger partial charge on any atom is -0.508 e. The molecule has 0 spiro atoms. The van der Waals surface area contributed by atoms with Crippen molar-refractivity contribution in [2.24, 2.45) is 0 Å². The van der Waals surface area contributed by atoms with Gasteiger partial charge in [0.25, 0.3) is 5.91 Å². The van der Waals surface area contributed by atoms with Crippen LogP contribution in [0.1, 0.15) is 15.9 Å². The van der Waals surface area contributed by atoms with E-state index < -0.39 is 0 Å². The zero-order valence-electron chi connectivity index (χ0n) is 9.77. The number of benzene rings is 2. The van der Waals surface area contributed by atoms with Gasteiger partial charge in [-0.1, -0.05) is 6.07 Å². The van der Waals surface area contributed by atoms with Crippen LogP contribution in [-0.2, 0) is 0 Å². The van der Waals surface area contributed by atoms with E-state index >= 15 is 0 Å². The van der Waals surface area contributed by atoms with Crippen LogP contribution in [0.3, 0.4) is 0 Å². The van der Waals surface area contributed by atoms with E-state index in [4.69, 9.17) is 5.11 Å². The molecule has 0 radical (unpaired) electrons. The second-order valence-corrected chi connectivity index (χ2v) is 4.84. The normalized spacial score (nSPS) is 10.1. The van der Waals surface area contributed by atoms with E-state index in [-0.39, 0.29) is 11.7 Å². The largest absolute Gasteiger partial charge is 0.508 e. The molecule has 0 aromatic heterocycles. The molecule has 0 aliphatic carbocycles. The fourth-order valence-corrected chi connectivity index (χ4v) is 2.12. The van der Waals surface area contributed by atoms with Crippen LogP contribution in [0.25, 0.3) is 0 Å². The summed E-state index contributed by atoms with van der Waals surface area (Å²) in [6, 6.07) is 11.8. The average molecular weight is 306 g/mol. The number of hydrogen-bond donors (Lipinski definition) is 2. The Morgan fingerprint density at radius 2 is 1.83 bits per heavy atom. The van der Waals surface area contributed by atoms with Gasteiger partial charge >= 0.3 is 0 Å². The number of halogens is 1.